The monoisotopic (exact) mass is 372 g/mol. The van der Waals surface area contributed by atoms with Crippen LogP contribution in [0.4, 0.5) is 16.8 Å². The summed E-state index contributed by atoms with van der Waals surface area (Å²) >= 11 is 1.34. The van der Waals surface area contributed by atoms with E-state index in [1.54, 1.807) is 6.33 Å². The lowest BCUT2D eigenvalue weighted by Gasteiger charge is -2.33. The molecule has 0 radical (unpaired) electrons. The number of anilines is 3. The lowest BCUT2D eigenvalue weighted by Crippen LogP contribution is -2.42. The molecule has 2 aliphatic heterocycles. The van der Waals surface area contributed by atoms with Crippen molar-refractivity contribution in [3.05, 3.63) is 17.4 Å². The van der Waals surface area contributed by atoms with Gasteiger partial charge in [0.1, 0.15) is 24.0 Å². The van der Waals surface area contributed by atoms with Crippen LogP contribution in [0.2, 0.25) is 0 Å². The van der Waals surface area contributed by atoms with Crippen LogP contribution in [0, 0.1) is 11.3 Å². The van der Waals surface area contributed by atoms with Crippen molar-refractivity contribution in [2.45, 2.75) is 18.9 Å². The average molecular weight is 372 g/mol. The largest absolute Gasteiger partial charge is 0.378 e. The van der Waals surface area contributed by atoms with Gasteiger partial charge in [-0.25, -0.2) is 9.97 Å². The van der Waals surface area contributed by atoms with Crippen molar-refractivity contribution in [3.8, 4) is 6.07 Å². The van der Waals surface area contributed by atoms with Crippen molar-refractivity contribution in [1.29, 1.82) is 5.26 Å². The van der Waals surface area contributed by atoms with Gasteiger partial charge >= 0.3 is 0 Å². The lowest BCUT2D eigenvalue weighted by atomic mass is 10.1. The molecule has 4 heterocycles. The maximum absolute atomic E-state index is 8.93. The van der Waals surface area contributed by atoms with Gasteiger partial charge in [0, 0.05) is 38.3 Å². The molecule has 0 bridgehead atoms. The Bertz CT molecular complexity index is 785. The Morgan fingerprint density at radius 1 is 1.19 bits per heavy atom. The fraction of sp³-hybridized carbons (Fsp3) is 0.562. The Morgan fingerprint density at radius 3 is 2.88 bits per heavy atom. The summed E-state index contributed by atoms with van der Waals surface area (Å²) in [6.45, 7) is 4.92. The molecule has 0 spiro atoms. The first kappa shape index (κ1) is 16.9. The summed E-state index contributed by atoms with van der Waals surface area (Å²) in [4.78, 5) is 13.2. The van der Waals surface area contributed by atoms with Crippen molar-refractivity contribution >= 4 is 28.1 Å². The van der Waals surface area contributed by atoms with Crippen LogP contribution < -0.4 is 15.1 Å². The predicted octanol–water partition coefficient (Wildman–Crippen LogP) is 1.12. The summed E-state index contributed by atoms with van der Waals surface area (Å²) in [6, 6.07) is 4.32. The van der Waals surface area contributed by atoms with Crippen molar-refractivity contribution in [2.75, 3.05) is 54.5 Å². The van der Waals surface area contributed by atoms with Gasteiger partial charge in [-0.15, -0.1) is 10.2 Å². The first-order valence-electron chi connectivity index (χ1n) is 8.71. The molecule has 26 heavy (non-hydrogen) atoms. The van der Waals surface area contributed by atoms with Gasteiger partial charge in [0.2, 0.25) is 10.1 Å². The Balaban J connectivity index is 1.41. The highest BCUT2D eigenvalue weighted by Gasteiger charge is 2.23. The molecular formula is C16H20N8OS. The first-order chi connectivity index (χ1) is 12.8. The van der Waals surface area contributed by atoms with E-state index in [4.69, 9.17) is 10.00 Å². The van der Waals surface area contributed by atoms with Crippen LogP contribution >= 0.6 is 11.3 Å². The SMILES string of the molecule is N#Cc1nnc(N2CCC[C@@H](Nc3cc(N4CCOCC4)ncn3)C2)s1. The molecule has 2 aromatic rings. The summed E-state index contributed by atoms with van der Waals surface area (Å²) in [5.41, 5.74) is 0. The highest BCUT2D eigenvalue weighted by Crippen LogP contribution is 2.25. The molecule has 0 aromatic carbocycles. The first-order valence-corrected chi connectivity index (χ1v) is 9.53. The zero-order valence-corrected chi connectivity index (χ0v) is 15.2. The lowest BCUT2D eigenvalue weighted by molar-refractivity contribution is 0.122. The molecule has 2 saturated heterocycles. The van der Waals surface area contributed by atoms with Crippen LogP contribution in [0.5, 0.6) is 0 Å². The van der Waals surface area contributed by atoms with Gasteiger partial charge in [0.15, 0.2) is 0 Å². The number of piperidine rings is 1. The van der Waals surface area contributed by atoms with Crippen LogP contribution in [0.15, 0.2) is 12.4 Å². The third-order valence-corrected chi connectivity index (χ3v) is 5.43. The number of nitrogens with one attached hydrogen (secondary N) is 1. The number of hydrogen-bond donors (Lipinski definition) is 1. The van der Waals surface area contributed by atoms with E-state index >= 15 is 0 Å². The summed E-state index contributed by atoms with van der Waals surface area (Å²) in [5, 5.41) is 21.7. The van der Waals surface area contributed by atoms with Crippen LogP contribution in [-0.4, -0.2) is 65.6 Å². The van der Waals surface area contributed by atoms with E-state index in [1.807, 2.05) is 12.1 Å². The molecule has 2 aliphatic rings. The quantitative estimate of drug-likeness (QED) is 0.845. The Labute approximate surface area is 155 Å². The topological polar surface area (TPSA) is 103 Å². The molecule has 10 heteroatoms. The molecule has 1 N–H and O–H groups in total. The highest BCUT2D eigenvalue weighted by atomic mass is 32.1. The number of hydrogen-bond acceptors (Lipinski definition) is 10. The fourth-order valence-corrected chi connectivity index (χ4v) is 3.93. The smallest absolute Gasteiger partial charge is 0.219 e. The normalized spacial score (nSPS) is 20.7. The van der Waals surface area contributed by atoms with Gasteiger partial charge < -0.3 is 19.9 Å². The predicted molar refractivity (Wildman–Crippen MR) is 98.5 cm³/mol. The van der Waals surface area contributed by atoms with E-state index < -0.39 is 0 Å². The Kier molecular flexibility index (Phi) is 5.08. The van der Waals surface area contributed by atoms with Crippen LogP contribution in [0.25, 0.3) is 0 Å². The third kappa shape index (κ3) is 3.84. The summed E-state index contributed by atoms with van der Waals surface area (Å²) in [5.74, 6) is 1.77. The summed E-state index contributed by atoms with van der Waals surface area (Å²) in [7, 11) is 0. The minimum atomic E-state index is 0.269. The van der Waals surface area contributed by atoms with Crippen molar-refractivity contribution in [1.82, 2.24) is 20.2 Å². The van der Waals surface area contributed by atoms with Gasteiger partial charge in [0.05, 0.1) is 13.2 Å². The minimum Gasteiger partial charge on any atom is -0.378 e. The molecule has 2 aromatic heterocycles. The Hall–Kier alpha value is -2.51. The number of ether oxygens (including phenoxy) is 1. The molecule has 0 amide bonds. The highest BCUT2D eigenvalue weighted by molar-refractivity contribution is 7.15. The third-order valence-electron chi connectivity index (χ3n) is 4.54. The van der Waals surface area contributed by atoms with Gasteiger partial charge in [0.25, 0.3) is 0 Å². The average Bonchev–Trinajstić information content (AvgIpc) is 3.19. The van der Waals surface area contributed by atoms with Crippen LogP contribution in [0.1, 0.15) is 17.8 Å². The second-order valence-corrected chi connectivity index (χ2v) is 7.25. The molecule has 136 valence electrons. The summed E-state index contributed by atoms with van der Waals surface area (Å²) < 4.78 is 5.40. The maximum Gasteiger partial charge on any atom is 0.219 e. The zero-order chi connectivity index (χ0) is 17.8. The zero-order valence-electron chi connectivity index (χ0n) is 14.3. The van der Waals surface area contributed by atoms with Crippen LogP contribution in [0.3, 0.4) is 0 Å². The molecule has 4 rings (SSSR count). The molecule has 0 unspecified atom stereocenters. The van der Waals surface area contributed by atoms with E-state index in [-0.39, 0.29) is 6.04 Å². The van der Waals surface area contributed by atoms with E-state index in [9.17, 15) is 0 Å². The minimum absolute atomic E-state index is 0.269. The maximum atomic E-state index is 8.93. The van der Waals surface area contributed by atoms with E-state index in [1.165, 1.54) is 11.3 Å². The number of morpholine rings is 1. The van der Waals surface area contributed by atoms with E-state index in [0.717, 1.165) is 69.0 Å². The number of nitrogens with zero attached hydrogens (tertiary/aromatic N) is 7. The molecule has 9 nitrogen and oxygen atoms in total. The number of rotatable bonds is 4. The molecule has 0 aliphatic carbocycles. The van der Waals surface area contributed by atoms with Gasteiger partial charge in [-0.2, -0.15) is 5.26 Å². The number of aromatic nitrogens is 4. The molecule has 1 atom stereocenters. The summed E-state index contributed by atoms with van der Waals surface area (Å²) in [6.07, 6.45) is 3.73. The standard InChI is InChI=1S/C16H20N8OS/c17-9-15-21-22-16(26-15)24-3-1-2-12(10-24)20-13-8-14(19-11-18-13)23-4-6-25-7-5-23/h8,11-12H,1-7,10H2,(H,18,19,20)/t12-/m1/s1. The van der Waals surface area contributed by atoms with Crippen molar-refractivity contribution in [3.63, 3.8) is 0 Å². The molecule has 0 saturated carbocycles. The number of nitriles is 1. The fourth-order valence-electron chi connectivity index (χ4n) is 3.26. The van der Waals surface area contributed by atoms with E-state index in [0.29, 0.717) is 5.01 Å². The Morgan fingerprint density at radius 2 is 2.08 bits per heavy atom. The second-order valence-electron chi connectivity index (χ2n) is 6.29. The van der Waals surface area contributed by atoms with Gasteiger partial charge in [-0.3, -0.25) is 0 Å². The van der Waals surface area contributed by atoms with Crippen molar-refractivity contribution < 1.29 is 4.74 Å². The van der Waals surface area contributed by atoms with Crippen molar-refractivity contribution in [2.24, 2.45) is 0 Å². The molecular weight excluding hydrogens is 352 g/mol. The van der Waals surface area contributed by atoms with Gasteiger partial charge in [-0.05, 0) is 12.8 Å². The van der Waals surface area contributed by atoms with E-state index in [2.05, 4.69) is 35.3 Å². The van der Waals surface area contributed by atoms with Crippen LogP contribution in [-0.2, 0) is 4.74 Å². The van der Waals surface area contributed by atoms with Gasteiger partial charge in [-0.1, -0.05) is 11.3 Å². The molecule has 2 fully saturated rings. The second kappa shape index (κ2) is 7.80.